The van der Waals surface area contributed by atoms with Crippen LogP contribution in [-0.2, 0) is 17.8 Å². The van der Waals surface area contributed by atoms with Crippen LogP contribution in [0, 0.1) is 11.6 Å². The third kappa shape index (κ3) is 3.52. The number of rotatable bonds is 1. The number of hydrogen-bond donors (Lipinski definition) is 0. The molecule has 2 heterocycles. The highest BCUT2D eigenvalue weighted by Crippen LogP contribution is 2.21. The number of nitrogens with zero attached hydrogens (tertiary/aromatic N) is 4. The van der Waals surface area contributed by atoms with Crippen LogP contribution in [0.3, 0.4) is 0 Å². The number of carbonyl (C=O) groups excluding carboxylic acids is 1. The molecular weight excluding hydrogens is 318 g/mol. The highest BCUT2D eigenvalue weighted by atomic mass is 19.1. The molecule has 8 heteroatoms. The van der Waals surface area contributed by atoms with Crippen molar-refractivity contribution in [2.45, 2.75) is 39.5 Å². The van der Waals surface area contributed by atoms with E-state index in [9.17, 15) is 13.6 Å². The fourth-order valence-corrected chi connectivity index (χ4v) is 2.42. The second-order valence-corrected chi connectivity index (χ2v) is 6.63. The van der Waals surface area contributed by atoms with Crippen LogP contribution >= 0.6 is 0 Å². The predicted molar refractivity (Wildman–Crippen MR) is 82.0 cm³/mol. The van der Waals surface area contributed by atoms with Crippen LogP contribution in [0.2, 0.25) is 0 Å². The monoisotopic (exact) mass is 336 g/mol. The molecule has 0 fully saturated rings. The van der Waals surface area contributed by atoms with Crippen molar-refractivity contribution in [3.05, 3.63) is 35.7 Å². The molecule has 128 valence electrons. The van der Waals surface area contributed by atoms with Crippen LogP contribution in [0.5, 0.6) is 0 Å². The van der Waals surface area contributed by atoms with Gasteiger partial charge in [-0.1, -0.05) is 0 Å². The van der Waals surface area contributed by atoms with Gasteiger partial charge in [0.1, 0.15) is 23.1 Å². The summed E-state index contributed by atoms with van der Waals surface area (Å²) in [5.41, 5.74) is -0.315. The van der Waals surface area contributed by atoms with E-state index in [1.807, 2.05) is 0 Å². The lowest BCUT2D eigenvalue weighted by molar-refractivity contribution is 0.0190. The summed E-state index contributed by atoms with van der Waals surface area (Å²) < 4.78 is 33.7. The Balaban J connectivity index is 1.81. The number of ether oxygens (including phenoxy) is 1. The first-order valence-electron chi connectivity index (χ1n) is 7.59. The molecule has 0 saturated heterocycles. The average Bonchev–Trinajstić information content (AvgIpc) is 2.87. The SMILES string of the molecule is CC(C)(C)OC(=O)N1CCn2nc(-c3cc(F)cc(F)c3)nc2C1. The second-order valence-electron chi connectivity index (χ2n) is 6.63. The zero-order valence-electron chi connectivity index (χ0n) is 13.7. The van der Waals surface area contributed by atoms with Crippen molar-refractivity contribution in [1.82, 2.24) is 19.7 Å². The van der Waals surface area contributed by atoms with Gasteiger partial charge in [-0.25, -0.2) is 23.2 Å². The minimum Gasteiger partial charge on any atom is -0.444 e. The number of benzene rings is 1. The standard InChI is InChI=1S/C16H18F2N4O2/c1-16(2,3)24-15(23)21-4-5-22-13(9-21)19-14(20-22)10-6-11(17)8-12(18)7-10/h6-8H,4-5,9H2,1-3H3. The van der Waals surface area contributed by atoms with E-state index in [0.29, 0.717) is 18.9 Å². The molecule has 0 aliphatic carbocycles. The maximum absolute atomic E-state index is 13.4. The van der Waals surface area contributed by atoms with Crippen molar-refractivity contribution in [2.24, 2.45) is 0 Å². The molecule has 0 saturated carbocycles. The Bertz CT molecular complexity index is 763. The predicted octanol–water partition coefficient (Wildman–Crippen LogP) is 2.97. The fourth-order valence-electron chi connectivity index (χ4n) is 2.42. The lowest BCUT2D eigenvalue weighted by atomic mass is 10.2. The van der Waals surface area contributed by atoms with Gasteiger partial charge in [0.15, 0.2) is 5.82 Å². The molecule has 0 N–H and O–H groups in total. The Morgan fingerprint density at radius 1 is 1.17 bits per heavy atom. The van der Waals surface area contributed by atoms with Crippen LogP contribution in [0.15, 0.2) is 18.2 Å². The fraction of sp³-hybridized carbons (Fsp3) is 0.438. The minimum atomic E-state index is -0.687. The quantitative estimate of drug-likeness (QED) is 0.803. The maximum atomic E-state index is 13.4. The normalized spacial score (nSPS) is 14.5. The first-order valence-corrected chi connectivity index (χ1v) is 7.59. The Hall–Kier alpha value is -2.51. The Kier molecular flexibility index (Phi) is 3.98. The lowest BCUT2D eigenvalue weighted by Gasteiger charge is -2.29. The molecule has 0 bridgehead atoms. The van der Waals surface area contributed by atoms with Crippen LogP contribution in [0.25, 0.3) is 11.4 Å². The third-order valence-electron chi connectivity index (χ3n) is 3.43. The van der Waals surface area contributed by atoms with Gasteiger partial charge in [0, 0.05) is 18.2 Å². The van der Waals surface area contributed by atoms with Crippen molar-refractivity contribution in [3.8, 4) is 11.4 Å². The third-order valence-corrected chi connectivity index (χ3v) is 3.43. The van der Waals surface area contributed by atoms with E-state index in [0.717, 1.165) is 6.07 Å². The molecule has 3 rings (SSSR count). The summed E-state index contributed by atoms with van der Waals surface area (Å²) >= 11 is 0. The average molecular weight is 336 g/mol. The summed E-state index contributed by atoms with van der Waals surface area (Å²) in [6.45, 7) is 6.51. The smallest absolute Gasteiger partial charge is 0.410 e. The molecule has 6 nitrogen and oxygen atoms in total. The van der Waals surface area contributed by atoms with E-state index in [4.69, 9.17) is 4.74 Å². The Morgan fingerprint density at radius 2 is 1.83 bits per heavy atom. The van der Waals surface area contributed by atoms with E-state index >= 15 is 0 Å². The summed E-state index contributed by atoms with van der Waals surface area (Å²) in [7, 11) is 0. The Morgan fingerprint density at radius 3 is 2.46 bits per heavy atom. The summed E-state index contributed by atoms with van der Waals surface area (Å²) in [6, 6.07) is 3.15. The van der Waals surface area contributed by atoms with Gasteiger partial charge >= 0.3 is 6.09 Å². The van der Waals surface area contributed by atoms with Crippen LogP contribution in [0.1, 0.15) is 26.6 Å². The largest absolute Gasteiger partial charge is 0.444 e. The summed E-state index contributed by atoms with van der Waals surface area (Å²) in [5.74, 6) is -0.595. The van der Waals surface area contributed by atoms with Gasteiger partial charge < -0.3 is 4.74 Å². The van der Waals surface area contributed by atoms with Gasteiger partial charge in [0.2, 0.25) is 0 Å². The molecule has 1 aromatic heterocycles. The highest BCUT2D eigenvalue weighted by molar-refractivity contribution is 5.68. The second kappa shape index (κ2) is 5.85. The zero-order valence-corrected chi connectivity index (χ0v) is 13.7. The number of aromatic nitrogens is 3. The summed E-state index contributed by atoms with van der Waals surface area (Å²) in [6.07, 6.45) is -0.421. The number of carbonyl (C=O) groups is 1. The number of hydrogen-bond acceptors (Lipinski definition) is 4. The van der Waals surface area contributed by atoms with E-state index in [-0.39, 0.29) is 17.9 Å². The van der Waals surface area contributed by atoms with Crippen LogP contribution in [-0.4, -0.2) is 37.9 Å². The number of halogens is 2. The van der Waals surface area contributed by atoms with Crippen LogP contribution in [0.4, 0.5) is 13.6 Å². The van der Waals surface area contributed by atoms with Crippen molar-refractivity contribution < 1.29 is 18.3 Å². The molecule has 1 aliphatic rings. The molecule has 0 radical (unpaired) electrons. The van der Waals surface area contributed by atoms with Crippen molar-refractivity contribution in [1.29, 1.82) is 0 Å². The van der Waals surface area contributed by atoms with Gasteiger partial charge in [-0.2, -0.15) is 5.10 Å². The van der Waals surface area contributed by atoms with Gasteiger partial charge in [-0.05, 0) is 32.9 Å². The first kappa shape index (κ1) is 16.4. The molecule has 0 spiro atoms. The van der Waals surface area contributed by atoms with Gasteiger partial charge in [-0.3, -0.25) is 4.90 Å². The van der Waals surface area contributed by atoms with Gasteiger partial charge in [-0.15, -0.1) is 0 Å². The summed E-state index contributed by atoms with van der Waals surface area (Å²) in [5, 5.41) is 4.27. The first-order chi connectivity index (χ1) is 11.2. The maximum Gasteiger partial charge on any atom is 0.410 e. The van der Waals surface area contributed by atoms with Gasteiger partial charge in [0.05, 0.1) is 13.1 Å². The molecule has 2 aromatic rings. The summed E-state index contributed by atoms with van der Waals surface area (Å²) in [4.78, 5) is 18.0. The van der Waals surface area contributed by atoms with E-state index in [1.165, 1.54) is 17.0 Å². The van der Waals surface area contributed by atoms with Gasteiger partial charge in [0.25, 0.3) is 0 Å². The topological polar surface area (TPSA) is 60.2 Å². The zero-order chi connectivity index (χ0) is 17.5. The Labute approximate surface area is 138 Å². The molecule has 1 amide bonds. The van der Waals surface area contributed by atoms with Crippen molar-refractivity contribution in [3.63, 3.8) is 0 Å². The van der Waals surface area contributed by atoms with Crippen molar-refractivity contribution >= 4 is 6.09 Å². The minimum absolute atomic E-state index is 0.231. The molecule has 0 unspecified atom stereocenters. The van der Waals surface area contributed by atoms with Crippen LogP contribution < -0.4 is 0 Å². The van der Waals surface area contributed by atoms with Crippen molar-refractivity contribution in [2.75, 3.05) is 6.54 Å². The highest BCUT2D eigenvalue weighted by Gasteiger charge is 2.27. The lowest BCUT2D eigenvalue weighted by Crippen LogP contribution is -2.41. The van der Waals surface area contributed by atoms with E-state index in [2.05, 4.69) is 10.1 Å². The number of amides is 1. The molecule has 1 aliphatic heterocycles. The molecule has 0 atom stereocenters. The molecular formula is C16H18F2N4O2. The van der Waals surface area contributed by atoms with E-state index < -0.39 is 23.3 Å². The molecule has 1 aromatic carbocycles. The molecule has 24 heavy (non-hydrogen) atoms. The van der Waals surface area contributed by atoms with E-state index in [1.54, 1.807) is 25.5 Å². The number of fused-ring (bicyclic) bond motifs is 1.